The first-order chi connectivity index (χ1) is 9.31. The van der Waals surface area contributed by atoms with E-state index in [0.29, 0.717) is 18.7 Å². The van der Waals surface area contributed by atoms with Crippen LogP contribution in [0.15, 0.2) is 42.5 Å². The minimum Gasteiger partial charge on any atom is -0.330 e. The second-order valence-electron chi connectivity index (χ2n) is 4.28. The lowest BCUT2D eigenvalue weighted by molar-refractivity contribution is 0.606. The zero-order valence-corrected chi connectivity index (χ0v) is 10.3. The summed E-state index contributed by atoms with van der Waals surface area (Å²) < 4.78 is 15.7. The van der Waals surface area contributed by atoms with Gasteiger partial charge in [0.25, 0.3) is 0 Å². The Bertz CT molecular complexity index is 720. The molecule has 1 heterocycles. The van der Waals surface area contributed by atoms with Crippen molar-refractivity contribution in [2.75, 3.05) is 6.54 Å². The van der Waals surface area contributed by atoms with Gasteiger partial charge in [0, 0.05) is 0 Å². The highest BCUT2D eigenvalue weighted by Gasteiger charge is 2.14. The van der Waals surface area contributed by atoms with E-state index in [2.05, 4.69) is 10.3 Å². The molecule has 0 unspecified atom stereocenters. The van der Waals surface area contributed by atoms with Gasteiger partial charge in [0.2, 0.25) is 0 Å². The number of halogens is 1. The number of aromatic nitrogens is 3. The van der Waals surface area contributed by atoms with Crippen molar-refractivity contribution in [2.45, 2.75) is 6.42 Å². The average molecular weight is 256 g/mol. The summed E-state index contributed by atoms with van der Waals surface area (Å²) >= 11 is 0. The normalized spacial score (nSPS) is 11.1. The maximum absolute atomic E-state index is 14.1. The molecular weight excluding hydrogens is 243 g/mol. The Morgan fingerprint density at radius 3 is 2.79 bits per heavy atom. The minimum absolute atomic E-state index is 0.318. The molecular formula is C14H13FN4. The van der Waals surface area contributed by atoms with Crippen LogP contribution in [-0.4, -0.2) is 21.5 Å². The van der Waals surface area contributed by atoms with Crippen molar-refractivity contribution in [1.82, 2.24) is 15.0 Å². The van der Waals surface area contributed by atoms with E-state index >= 15 is 0 Å². The van der Waals surface area contributed by atoms with E-state index in [-0.39, 0.29) is 5.82 Å². The second-order valence-corrected chi connectivity index (χ2v) is 4.28. The van der Waals surface area contributed by atoms with Gasteiger partial charge in [-0.2, -0.15) is 0 Å². The third-order valence-electron chi connectivity index (χ3n) is 3.05. The molecule has 4 nitrogen and oxygen atoms in total. The Labute approximate surface area is 109 Å². The molecule has 19 heavy (non-hydrogen) atoms. The molecule has 0 bridgehead atoms. The lowest BCUT2D eigenvalue weighted by atomic mass is 10.1. The van der Waals surface area contributed by atoms with Crippen LogP contribution in [0.4, 0.5) is 4.39 Å². The van der Waals surface area contributed by atoms with Crippen LogP contribution in [0.1, 0.15) is 5.56 Å². The number of hydrogen-bond acceptors (Lipinski definition) is 3. The zero-order chi connectivity index (χ0) is 13.2. The number of nitrogens with two attached hydrogens (primary N) is 1. The third kappa shape index (κ3) is 1.98. The first kappa shape index (κ1) is 11.8. The quantitative estimate of drug-likeness (QED) is 0.780. The van der Waals surface area contributed by atoms with Crippen LogP contribution < -0.4 is 5.73 Å². The van der Waals surface area contributed by atoms with Crippen molar-refractivity contribution < 1.29 is 4.39 Å². The van der Waals surface area contributed by atoms with Gasteiger partial charge >= 0.3 is 0 Å². The SMILES string of the molecule is NCCc1cccc(F)c1-n1nnc2ccccc21. The Morgan fingerprint density at radius 1 is 1.11 bits per heavy atom. The molecule has 96 valence electrons. The molecule has 0 aliphatic heterocycles. The molecule has 5 heteroatoms. The van der Waals surface area contributed by atoms with Gasteiger partial charge in [-0.3, -0.25) is 0 Å². The molecule has 0 atom stereocenters. The molecule has 1 aromatic heterocycles. The summed E-state index contributed by atoms with van der Waals surface area (Å²) in [6, 6.07) is 12.4. The van der Waals surface area contributed by atoms with Crippen molar-refractivity contribution in [1.29, 1.82) is 0 Å². The van der Waals surface area contributed by atoms with Gasteiger partial charge in [-0.15, -0.1) is 5.10 Å². The fraction of sp³-hybridized carbons (Fsp3) is 0.143. The number of nitrogens with zero attached hydrogens (tertiary/aromatic N) is 3. The van der Waals surface area contributed by atoms with Crippen LogP contribution in [0.2, 0.25) is 0 Å². The lowest BCUT2D eigenvalue weighted by Crippen LogP contribution is -2.09. The topological polar surface area (TPSA) is 56.7 Å². The van der Waals surface area contributed by atoms with Gasteiger partial charge in [0.1, 0.15) is 17.0 Å². The molecule has 3 rings (SSSR count). The summed E-state index contributed by atoms with van der Waals surface area (Å²) in [4.78, 5) is 0. The summed E-state index contributed by atoms with van der Waals surface area (Å²) in [5.41, 5.74) is 8.36. The molecule has 0 aliphatic carbocycles. The highest BCUT2D eigenvalue weighted by atomic mass is 19.1. The molecule has 0 aliphatic rings. The Hall–Kier alpha value is -2.27. The van der Waals surface area contributed by atoms with Crippen molar-refractivity contribution in [2.24, 2.45) is 5.73 Å². The maximum atomic E-state index is 14.1. The van der Waals surface area contributed by atoms with E-state index in [9.17, 15) is 4.39 Å². The number of benzene rings is 2. The molecule has 2 aromatic carbocycles. The van der Waals surface area contributed by atoms with E-state index < -0.39 is 0 Å². The van der Waals surface area contributed by atoms with Crippen LogP contribution in [0, 0.1) is 5.82 Å². The average Bonchev–Trinajstić information content (AvgIpc) is 2.83. The highest BCUT2D eigenvalue weighted by Crippen LogP contribution is 2.22. The van der Waals surface area contributed by atoms with E-state index in [4.69, 9.17) is 5.73 Å². The van der Waals surface area contributed by atoms with E-state index in [1.807, 2.05) is 30.3 Å². The molecule has 0 saturated heterocycles. The van der Waals surface area contributed by atoms with E-state index in [1.54, 1.807) is 6.07 Å². The van der Waals surface area contributed by atoms with Gasteiger partial charge in [-0.05, 0) is 36.7 Å². The highest BCUT2D eigenvalue weighted by molar-refractivity contribution is 5.76. The first-order valence-corrected chi connectivity index (χ1v) is 6.09. The fourth-order valence-corrected chi connectivity index (χ4v) is 2.19. The van der Waals surface area contributed by atoms with Crippen molar-refractivity contribution in [3.05, 3.63) is 53.8 Å². The summed E-state index contributed by atoms with van der Waals surface area (Å²) in [6.45, 7) is 0.461. The lowest BCUT2D eigenvalue weighted by Gasteiger charge is -2.10. The largest absolute Gasteiger partial charge is 0.330 e. The minimum atomic E-state index is -0.318. The van der Waals surface area contributed by atoms with Crippen molar-refractivity contribution in [3.8, 4) is 5.69 Å². The third-order valence-corrected chi connectivity index (χ3v) is 3.05. The first-order valence-electron chi connectivity index (χ1n) is 6.09. The molecule has 0 radical (unpaired) electrons. The summed E-state index contributed by atoms with van der Waals surface area (Å²) in [5, 5.41) is 8.11. The Balaban J connectivity index is 2.26. The molecule has 0 amide bonds. The maximum Gasteiger partial charge on any atom is 0.149 e. The number of fused-ring (bicyclic) bond motifs is 1. The molecule has 0 fully saturated rings. The van der Waals surface area contributed by atoms with Crippen molar-refractivity contribution >= 4 is 11.0 Å². The molecule has 0 saturated carbocycles. The van der Waals surface area contributed by atoms with Crippen LogP contribution in [0.3, 0.4) is 0 Å². The summed E-state index contributed by atoms with van der Waals surface area (Å²) in [7, 11) is 0. The molecule has 3 aromatic rings. The van der Waals surface area contributed by atoms with Crippen LogP contribution in [-0.2, 0) is 6.42 Å². The number of para-hydroxylation sites is 2. The monoisotopic (exact) mass is 256 g/mol. The van der Waals surface area contributed by atoms with Crippen molar-refractivity contribution in [3.63, 3.8) is 0 Å². The molecule has 0 spiro atoms. The van der Waals surface area contributed by atoms with Crippen LogP contribution in [0.5, 0.6) is 0 Å². The summed E-state index contributed by atoms with van der Waals surface area (Å²) in [5.74, 6) is -0.318. The van der Waals surface area contributed by atoms with Crippen LogP contribution in [0.25, 0.3) is 16.7 Å². The van der Waals surface area contributed by atoms with Gasteiger partial charge < -0.3 is 5.73 Å². The summed E-state index contributed by atoms with van der Waals surface area (Å²) in [6.07, 6.45) is 0.598. The predicted molar refractivity (Wildman–Crippen MR) is 71.6 cm³/mol. The standard InChI is InChI=1S/C14H13FN4/c15-11-5-3-4-10(8-9-16)14(11)19-13-7-2-1-6-12(13)17-18-19/h1-7H,8-9,16H2. The Morgan fingerprint density at radius 2 is 1.95 bits per heavy atom. The van der Waals surface area contributed by atoms with Gasteiger partial charge in [-0.25, -0.2) is 9.07 Å². The smallest absolute Gasteiger partial charge is 0.149 e. The number of hydrogen-bond donors (Lipinski definition) is 1. The van der Waals surface area contributed by atoms with E-state index in [1.165, 1.54) is 10.7 Å². The fourth-order valence-electron chi connectivity index (χ4n) is 2.19. The van der Waals surface area contributed by atoms with E-state index in [0.717, 1.165) is 16.6 Å². The van der Waals surface area contributed by atoms with Gasteiger partial charge in [-0.1, -0.05) is 29.5 Å². The number of rotatable bonds is 3. The van der Waals surface area contributed by atoms with Gasteiger partial charge in [0.05, 0.1) is 5.52 Å². The van der Waals surface area contributed by atoms with Gasteiger partial charge in [0.15, 0.2) is 0 Å². The zero-order valence-electron chi connectivity index (χ0n) is 10.3. The Kier molecular flexibility index (Phi) is 2.97. The second kappa shape index (κ2) is 4.78. The molecule has 2 N–H and O–H groups in total. The van der Waals surface area contributed by atoms with Crippen LogP contribution >= 0.6 is 0 Å². The predicted octanol–water partition coefficient (Wildman–Crippen LogP) is 2.06.